The highest BCUT2D eigenvalue weighted by Crippen LogP contribution is 2.11. The zero-order chi connectivity index (χ0) is 34.4. The molecular weight excluding hydrogens is 580 g/mol. The monoisotopic (exact) mass is 642 g/mol. The van der Waals surface area contributed by atoms with E-state index in [9.17, 15) is 19.2 Å². The molecule has 1 aliphatic heterocycles. The molecule has 13 nitrogen and oxygen atoms in total. The molecule has 0 atom stereocenters. The molecule has 0 aromatic carbocycles. The summed E-state index contributed by atoms with van der Waals surface area (Å²) in [4.78, 5) is 61.3. The van der Waals surface area contributed by atoms with Crippen LogP contribution in [0.3, 0.4) is 0 Å². The fourth-order valence-electron chi connectivity index (χ4n) is 4.65. The summed E-state index contributed by atoms with van der Waals surface area (Å²) in [5.74, 6) is -1.02. The third kappa shape index (κ3) is 20.4. The fourth-order valence-corrected chi connectivity index (χ4v) is 4.65. The van der Waals surface area contributed by atoms with Gasteiger partial charge in [-0.05, 0) is 75.3 Å². The molecule has 1 fully saturated rings. The minimum Gasteiger partial charge on any atom is -0.459 e. The van der Waals surface area contributed by atoms with E-state index in [2.05, 4.69) is 4.90 Å². The second-order valence-electron chi connectivity index (χ2n) is 14.8. The Morgan fingerprint density at radius 3 is 1.07 bits per heavy atom. The number of nitrogens with two attached hydrogens (primary N) is 1. The molecule has 262 valence electrons. The van der Waals surface area contributed by atoms with Gasteiger partial charge in [0.05, 0.1) is 26.2 Å². The van der Waals surface area contributed by atoms with Crippen molar-refractivity contribution in [3.05, 3.63) is 0 Å². The lowest BCUT2D eigenvalue weighted by Crippen LogP contribution is -2.50. The maximum Gasteiger partial charge on any atom is 0.320 e. The molecule has 0 spiro atoms. The van der Waals surface area contributed by atoms with Gasteiger partial charge in [0, 0.05) is 66.0 Å². The Labute approximate surface area is 271 Å². The van der Waals surface area contributed by atoms with Crippen molar-refractivity contribution in [3.8, 4) is 0 Å². The van der Waals surface area contributed by atoms with Crippen LogP contribution in [0.4, 0.5) is 0 Å². The summed E-state index contributed by atoms with van der Waals surface area (Å²) < 4.78 is 16.8. The van der Waals surface area contributed by atoms with Crippen LogP contribution in [0.5, 0.6) is 0 Å². The molecule has 2 N–H and O–H groups in total. The van der Waals surface area contributed by atoms with E-state index in [0.717, 1.165) is 6.42 Å². The summed E-state index contributed by atoms with van der Waals surface area (Å²) in [6, 6.07) is 0. The average molecular weight is 643 g/mol. The average Bonchev–Trinajstić information content (AvgIpc) is 2.85. The lowest BCUT2D eigenvalue weighted by Gasteiger charge is -2.34. The van der Waals surface area contributed by atoms with Crippen molar-refractivity contribution < 1.29 is 33.4 Å². The first-order chi connectivity index (χ1) is 20.7. The van der Waals surface area contributed by atoms with Gasteiger partial charge in [0.25, 0.3) is 0 Å². The van der Waals surface area contributed by atoms with Gasteiger partial charge in [0.2, 0.25) is 5.91 Å². The maximum absolute atomic E-state index is 13.1. The molecule has 1 amide bonds. The Morgan fingerprint density at radius 2 is 0.822 bits per heavy atom. The highest BCUT2D eigenvalue weighted by molar-refractivity contribution is 5.78. The van der Waals surface area contributed by atoms with Crippen LogP contribution in [0.15, 0.2) is 0 Å². The Bertz CT molecular complexity index is 896. The third-order valence-corrected chi connectivity index (χ3v) is 6.73. The molecule has 1 heterocycles. The van der Waals surface area contributed by atoms with Gasteiger partial charge in [-0.1, -0.05) is 0 Å². The van der Waals surface area contributed by atoms with E-state index in [0.29, 0.717) is 65.4 Å². The van der Waals surface area contributed by atoms with Crippen LogP contribution in [-0.4, -0.2) is 164 Å². The zero-order valence-electron chi connectivity index (χ0n) is 29.8. The third-order valence-electron chi connectivity index (χ3n) is 6.73. The molecule has 0 unspecified atom stereocenters. The standard InChI is InChI=1S/C32H62N6O7/c1-30(2,3)43-27(40)23-36-16-14-35(22-26(39)34(10)13-11-12-33)15-17-37(24-28(41)44-31(4,5)6)19-21-38(20-18-36)25-29(42)45-32(7,8)9/h11-25,33H2,1-10H3. The zero-order valence-corrected chi connectivity index (χ0v) is 29.8. The molecular formula is C32H62N6O7. The highest BCUT2D eigenvalue weighted by atomic mass is 16.6. The second-order valence-corrected chi connectivity index (χ2v) is 14.8. The van der Waals surface area contributed by atoms with E-state index in [1.807, 2.05) is 77.0 Å². The van der Waals surface area contributed by atoms with E-state index < -0.39 is 16.8 Å². The number of likely N-dealkylation sites (N-methyl/N-ethyl adjacent to an activating group) is 1. The number of amides is 1. The summed E-state index contributed by atoms with van der Waals surface area (Å²) in [6.07, 6.45) is 0.718. The lowest BCUT2D eigenvalue weighted by molar-refractivity contribution is -0.158. The summed E-state index contributed by atoms with van der Waals surface area (Å²) >= 11 is 0. The van der Waals surface area contributed by atoms with Crippen LogP contribution in [-0.2, 0) is 33.4 Å². The molecule has 0 saturated carbocycles. The molecule has 0 bridgehead atoms. The molecule has 1 aliphatic rings. The van der Waals surface area contributed by atoms with Gasteiger partial charge in [-0.2, -0.15) is 0 Å². The Morgan fingerprint density at radius 1 is 0.556 bits per heavy atom. The van der Waals surface area contributed by atoms with Crippen molar-refractivity contribution in [3.63, 3.8) is 0 Å². The van der Waals surface area contributed by atoms with Gasteiger partial charge in [-0.25, -0.2) is 0 Å². The Kier molecular flexibility index (Phi) is 16.9. The number of ether oxygens (including phenoxy) is 3. The first-order valence-electron chi connectivity index (χ1n) is 16.1. The molecule has 1 saturated heterocycles. The molecule has 0 radical (unpaired) electrons. The quantitative estimate of drug-likeness (QED) is 0.255. The first kappa shape index (κ1) is 40.7. The SMILES string of the molecule is CN(CCCN)C(=O)CN1CCN(CC(=O)OC(C)(C)C)CCN(CC(=O)OC(C)(C)C)CCN(CC(=O)OC(C)(C)C)CC1. The van der Waals surface area contributed by atoms with Crippen LogP contribution in [0.1, 0.15) is 68.7 Å². The molecule has 1 rings (SSSR count). The molecule has 13 heteroatoms. The molecule has 0 aliphatic carbocycles. The van der Waals surface area contributed by atoms with Gasteiger partial charge in [-0.15, -0.1) is 0 Å². The highest BCUT2D eigenvalue weighted by Gasteiger charge is 2.26. The molecule has 0 aromatic rings. The predicted octanol–water partition coefficient (Wildman–Crippen LogP) is 1.04. The second kappa shape index (κ2) is 18.7. The normalized spacial score (nSPS) is 17.6. The van der Waals surface area contributed by atoms with Gasteiger partial charge in [-0.3, -0.25) is 38.8 Å². The summed E-state index contributed by atoms with van der Waals surface area (Å²) in [5.41, 5.74) is 3.80. The number of carbonyl (C=O) groups excluding carboxylic acids is 4. The number of hydrogen-bond donors (Lipinski definition) is 1. The summed E-state index contributed by atoms with van der Waals surface area (Å²) in [7, 11) is 1.78. The van der Waals surface area contributed by atoms with Crippen molar-refractivity contribution in [1.82, 2.24) is 24.5 Å². The van der Waals surface area contributed by atoms with Gasteiger partial charge in [0.15, 0.2) is 0 Å². The smallest absolute Gasteiger partial charge is 0.320 e. The lowest BCUT2D eigenvalue weighted by atomic mass is 10.2. The van der Waals surface area contributed by atoms with E-state index >= 15 is 0 Å². The largest absolute Gasteiger partial charge is 0.459 e. The Hall–Kier alpha value is -2.32. The minimum absolute atomic E-state index is 0.0172. The maximum atomic E-state index is 13.1. The number of nitrogens with zero attached hydrogens (tertiary/aromatic N) is 5. The fraction of sp³-hybridized carbons (Fsp3) is 0.875. The van der Waals surface area contributed by atoms with Gasteiger partial charge in [0.1, 0.15) is 16.8 Å². The summed E-state index contributed by atoms with van der Waals surface area (Å²) in [5, 5.41) is 0. The molecule has 45 heavy (non-hydrogen) atoms. The van der Waals surface area contributed by atoms with Gasteiger partial charge >= 0.3 is 17.9 Å². The molecule has 0 aromatic heterocycles. The van der Waals surface area contributed by atoms with Crippen LogP contribution < -0.4 is 5.73 Å². The summed E-state index contributed by atoms with van der Waals surface area (Å²) in [6.45, 7) is 22.0. The van der Waals surface area contributed by atoms with Crippen molar-refractivity contribution in [1.29, 1.82) is 0 Å². The number of hydrogen-bond acceptors (Lipinski definition) is 12. The van der Waals surface area contributed by atoms with Crippen LogP contribution >= 0.6 is 0 Å². The van der Waals surface area contributed by atoms with E-state index in [1.54, 1.807) is 11.9 Å². The van der Waals surface area contributed by atoms with Crippen LogP contribution in [0.2, 0.25) is 0 Å². The topological polar surface area (TPSA) is 138 Å². The van der Waals surface area contributed by atoms with Crippen molar-refractivity contribution in [2.45, 2.75) is 85.5 Å². The Balaban J connectivity index is 3.23. The van der Waals surface area contributed by atoms with E-state index in [-0.39, 0.29) is 50.0 Å². The minimum atomic E-state index is -0.617. The number of carbonyl (C=O) groups is 4. The van der Waals surface area contributed by atoms with Crippen molar-refractivity contribution in [2.75, 3.05) is 98.7 Å². The van der Waals surface area contributed by atoms with Crippen LogP contribution in [0, 0.1) is 0 Å². The number of rotatable bonds is 11. The van der Waals surface area contributed by atoms with E-state index in [1.165, 1.54) is 0 Å². The van der Waals surface area contributed by atoms with E-state index in [4.69, 9.17) is 19.9 Å². The predicted molar refractivity (Wildman–Crippen MR) is 175 cm³/mol. The first-order valence-corrected chi connectivity index (χ1v) is 16.1. The number of esters is 3. The van der Waals surface area contributed by atoms with Crippen LogP contribution in [0.25, 0.3) is 0 Å². The van der Waals surface area contributed by atoms with Crippen molar-refractivity contribution >= 4 is 23.8 Å². The van der Waals surface area contributed by atoms with Crippen molar-refractivity contribution in [2.24, 2.45) is 5.73 Å². The van der Waals surface area contributed by atoms with Gasteiger partial charge < -0.3 is 24.8 Å².